The summed E-state index contributed by atoms with van der Waals surface area (Å²) < 4.78 is 30.4. The van der Waals surface area contributed by atoms with Gasteiger partial charge in [0.2, 0.25) is 5.79 Å². The first-order chi connectivity index (χ1) is 14.9. The van der Waals surface area contributed by atoms with Crippen LogP contribution in [0.1, 0.15) is 82.0 Å². The maximum Gasteiger partial charge on any atom is 1.00 e. The molecule has 0 aromatic heterocycles. The van der Waals surface area contributed by atoms with Crippen LogP contribution in [-0.4, -0.2) is 52.9 Å². The molecule has 2 saturated heterocycles. The van der Waals surface area contributed by atoms with Gasteiger partial charge in [-0.2, -0.15) is 0 Å². The van der Waals surface area contributed by atoms with Gasteiger partial charge in [0.15, 0.2) is 14.1 Å². The summed E-state index contributed by atoms with van der Waals surface area (Å²) in [6.07, 6.45) is 6.27. The fourth-order valence-electron chi connectivity index (χ4n) is 4.57. The van der Waals surface area contributed by atoms with E-state index in [9.17, 15) is 0 Å². The molecule has 35 heavy (non-hydrogen) atoms. The minimum Gasteiger partial charge on any atom is -1.00 e. The Bertz CT molecular complexity index is 745. The van der Waals surface area contributed by atoms with Crippen molar-refractivity contribution >= 4 is 24.2 Å². The van der Waals surface area contributed by atoms with Crippen LogP contribution < -0.4 is 57.5 Å². The molecule has 0 amide bonds. The van der Waals surface area contributed by atoms with E-state index in [1.165, 1.54) is 16.7 Å². The van der Waals surface area contributed by atoms with E-state index in [-0.39, 0.29) is 83.0 Å². The Morgan fingerprint density at radius 3 is 1.83 bits per heavy atom. The number of allylic oxidation sites excluding steroid dienone is 2. The first-order valence-electron chi connectivity index (χ1n) is 12.2. The Balaban J connectivity index is 0. The molecule has 3 N–H and O–H groups in total. The zero-order chi connectivity index (χ0) is 23.6. The molecule has 0 radical (unpaired) electrons. The third-order valence-corrected chi connectivity index (χ3v) is 13.5. The molecule has 6 nitrogen and oxygen atoms in total. The molecule has 0 unspecified atom stereocenters. The topological polar surface area (TPSA) is 81.2 Å². The van der Waals surface area contributed by atoms with E-state index in [1.807, 2.05) is 0 Å². The minimum atomic E-state index is -1.62. The number of hydrogen-bond donors (Lipinski definition) is 1. The second-order valence-electron chi connectivity index (χ2n) is 11.0. The number of hydrogen-bond acceptors (Lipinski definition) is 6. The van der Waals surface area contributed by atoms with Gasteiger partial charge in [0.1, 0.15) is 0 Å². The van der Waals surface area contributed by atoms with Crippen molar-refractivity contribution in [2.45, 2.75) is 110 Å². The van der Waals surface area contributed by atoms with E-state index in [1.54, 1.807) is 0 Å². The summed E-state index contributed by atoms with van der Waals surface area (Å²) in [5, 5.41) is 0.286. The van der Waals surface area contributed by atoms with Gasteiger partial charge in [-0.3, -0.25) is 0 Å². The fraction of sp³-hybridized carbons (Fsp3) is 0.846. The Morgan fingerprint density at radius 1 is 0.914 bits per heavy atom. The number of rotatable bonds is 5. The molecule has 4 aliphatic rings. The first-order valence-corrected chi connectivity index (χ1v) is 15.9. The van der Waals surface area contributed by atoms with Crippen molar-refractivity contribution < 1.29 is 76.2 Å². The van der Waals surface area contributed by atoms with E-state index in [0.29, 0.717) is 0 Å². The van der Waals surface area contributed by atoms with Crippen LogP contribution in [0.2, 0.25) is 18.1 Å². The Kier molecular flexibility index (Phi) is 15.5. The van der Waals surface area contributed by atoms with Gasteiger partial charge in [0.25, 0.3) is 0 Å². The predicted molar refractivity (Wildman–Crippen MR) is 147 cm³/mol. The van der Waals surface area contributed by atoms with Gasteiger partial charge in [-0.15, -0.1) is 0 Å². The molecule has 0 aromatic rings. The van der Waals surface area contributed by atoms with Crippen molar-refractivity contribution in [2.24, 2.45) is 0 Å². The zero-order valence-corrected chi connectivity index (χ0v) is 28.6. The number of ether oxygens (including phenoxy) is 4. The molecule has 2 fully saturated rings. The first kappa shape index (κ1) is 36.6. The average Bonchev–Trinajstić information content (AvgIpc) is 3.50. The fourth-order valence-corrected chi connectivity index (χ4v) is 6.28. The van der Waals surface area contributed by atoms with Crippen LogP contribution in [-0.2, 0) is 23.4 Å². The average molecular weight is 605 g/mol. The summed E-state index contributed by atoms with van der Waals surface area (Å²) in [5.74, 6) is -0.759. The number of halogens is 1. The van der Waals surface area contributed by atoms with Crippen LogP contribution in [0.5, 0.6) is 0 Å². The van der Waals surface area contributed by atoms with E-state index in [2.05, 4.69) is 63.6 Å². The Labute approximate surface area is 268 Å². The third kappa shape index (κ3) is 8.53. The van der Waals surface area contributed by atoms with E-state index in [4.69, 9.17) is 23.4 Å². The molecule has 2 spiro atoms. The van der Waals surface area contributed by atoms with Gasteiger partial charge in [-0.25, -0.2) is 0 Å². The SMILES string of the molecule is C.CC1=C(Br)C2(CC1)OCCO2.CC1=C(CCCO[Si](C)(C)C(C)(C)C)C2(CC1)OCCO2.N.[H-].[K+]. The van der Waals surface area contributed by atoms with Crippen molar-refractivity contribution in [1.82, 2.24) is 6.15 Å². The van der Waals surface area contributed by atoms with E-state index < -0.39 is 8.32 Å². The van der Waals surface area contributed by atoms with Crippen molar-refractivity contribution in [3.8, 4) is 0 Å². The maximum atomic E-state index is 6.27. The van der Waals surface area contributed by atoms with Gasteiger partial charge in [-0.1, -0.05) is 39.3 Å². The summed E-state index contributed by atoms with van der Waals surface area (Å²) in [4.78, 5) is 0. The van der Waals surface area contributed by atoms with Gasteiger partial charge >= 0.3 is 51.4 Å². The zero-order valence-electron chi connectivity index (χ0n) is 23.9. The van der Waals surface area contributed by atoms with Crippen LogP contribution in [0.3, 0.4) is 0 Å². The molecule has 0 bridgehead atoms. The van der Waals surface area contributed by atoms with Gasteiger partial charge in [0.05, 0.1) is 30.9 Å². The Morgan fingerprint density at radius 2 is 1.37 bits per heavy atom. The molecule has 0 aromatic carbocycles. The summed E-state index contributed by atoms with van der Waals surface area (Å²) in [5.41, 5.74) is 4.20. The van der Waals surface area contributed by atoms with Crippen molar-refractivity contribution in [2.75, 3.05) is 33.0 Å². The van der Waals surface area contributed by atoms with Crippen molar-refractivity contribution in [1.29, 1.82) is 0 Å². The normalized spacial score (nSPS) is 22.6. The molecule has 2 heterocycles. The smallest absolute Gasteiger partial charge is 1.00 e. The molecule has 4 rings (SSSR count). The second kappa shape index (κ2) is 14.8. The molecular weight excluding hydrogens is 553 g/mol. The largest absolute Gasteiger partial charge is 1.00 e. The molecule has 2 aliphatic carbocycles. The van der Waals surface area contributed by atoms with Gasteiger partial charge in [0, 0.05) is 19.4 Å². The third-order valence-electron chi connectivity index (χ3n) is 7.69. The summed E-state index contributed by atoms with van der Waals surface area (Å²) >= 11 is 3.52. The van der Waals surface area contributed by atoms with Crippen LogP contribution in [0.15, 0.2) is 21.2 Å². The molecule has 202 valence electrons. The van der Waals surface area contributed by atoms with Crippen LogP contribution in [0.4, 0.5) is 0 Å². The Hall–Kier alpha value is 1.57. The molecular formula is C26H51BrKNO5Si. The summed E-state index contributed by atoms with van der Waals surface area (Å²) in [7, 11) is -1.62. The predicted octanol–water partition coefficient (Wildman–Crippen LogP) is 4.75. The van der Waals surface area contributed by atoms with E-state index >= 15 is 0 Å². The summed E-state index contributed by atoms with van der Waals surface area (Å²) in [6.45, 7) is 19.6. The minimum absolute atomic E-state index is 0. The molecule has 9 heteroatoms. The molecule has 0 atom stereocenters. The van der Waals surface area contributed by atoms with Crippen molar-refractivity contribution in [3.05, 3.63) is 21.2 Å². The molecule has 0 saturated carbocycles. The standard InChI is InChI=1S/C17H32O3Si.C8H11BrO2.CH4.K.H3N.H/c1-14-9-10-17(18-12-13-19-17)15(14)8-7-11-20-21(5,6)16(2,3)4;1-6-2-3-8(7(6)9)10-4-5-11-8;;;;/h7-13H2,1-6H3;2-5H2,1H3;1H4;;1H3;/q;;;+1;;-1. The molecule has 2 aliphatic heterocycles. The van der Waals surface area contributed by atoms with Crippen LogP contribution >= 0.6 is 15.9 Å². The quantitative estimate of drug-likeness (QED) is 0.277. The van der Waals surface area contributed by atoms with E-state index in [0.717, 1.165) is 76.0 Å². The maximum absolute atomic E-state index is 6.27. The monoisotopic (exact) mass is 603 g/mol. The summed E-state index contributed by atoms with van der Waals surface area (Å²) in [6, 6.07) is 0. The van der Waals surface area contributed by atoms with Crippen LogP contribution in [0.25, 0.3) is 0 Å². The van der Waals surface area contributed by atoms with Crippen molar-refractivity contribution in [3.63, 3.8) is 0 Å². The van der Waals surface area contributed by atoms with Gasteiger partial charge < -0.3 is 31.0 Å². The van der Waals surface area contributed by atoms with Crippen LogP contribution in [0, 0.1) is 0 Å². The van der Waals surface area contributed by atoms with Gasteiger partial charge in [-0.05, 0) is 79.2 Å². The second-order valence-corrected chi connectivity index (χ2v) is 16.6.